The van der Waals surface area contributed by atoms with Gasteiger partial charge < -0.3 is 0 Å². The molecule has 0 bridgehead atoms. The van der Waals surface area contributed by atoms with Gasteiger partial charge in [0, 0.05) is 111 Å². The molecule has 0 radical (unpaired) electrons. The topological polar surface area (TPSA) is 96.8 Å². The van der Waals surface area contributed by atoms with Crippen LogP contribution >= 0.6 is 0 Å². The smallest absolute Gasteiger partial charge is 0.0360 e. The van der Waals surface area contributed by atoms with Crippen molar-refractivity contribution in [2.45, 2.75) is 113 Å². The molecule has 12 nitrogen and oxygen atoms in total. The summed E-state index contributed by atoms with van der Waals surface area (Å²) >= 11 is 0. The van der Waals surface area contributed by atoms with Gasteiger partial charge in [-0.05, 0) is 228 Å². The van der Waals surface area contributed by atoms with E-state index in [1.165, 1.54) is 150 Å². The molecule has 0 aromatic carbocycles. The van der Waals surface area contributed by atoms with E-state index in [-0.39, 0.29) is 0 Å². The lowest BCUT2D eigenvalue weighted by molar-refractivity contribution is 0.317. The van der Waals surface area contributed by atoms with Gasteiger partial charge in [0.15, 0.2) is 0 Å². The highest BCUT2D eigenvalue weighted by atomic mass is 15.2. The van der Waals surface area contributed by atoms with Crippen LogP contribution in [-0.4, -0.2) is 141 Å². The number of pyridine rings is 6. The van der Waals surface area contributed by atoms with Crippen molar-refractivity contribution in [3.8, 4) is 0 Å². The highest BCUT2D eigenvalue weighted by Gasteiger charge is 2.26. The fraction of sp³-hybridized carbons (Fsp3) is 0.500. The number of rotatable bonds is 6. The fourth-order valence-corrected chi connectivity index (χ4v) is 11.4. The molecule has 384 valence electrons. The minimum absolute atomic E-state index is 0.610. The lowest BCUT2D eigenvalue weighted by Crippen LogP contribution is -2.17. The Hall–Kier alpha value is -5.34. The molecule has 6 atom stereocenters. The number of nitrogens with zero attached hydrogens (tertiary/aromatic N) is 12. The van der Waals surface area contributed by atoms with E-state index in [4.69, 9.17) is 0 Å². The first kappa shape index (κ1) is 54.4. The van der Waals surface area contributed by atoms with E-state index in [0.29, 0.717) is 36.3 Å². The van der Waals surface area contributed by atoms with Crippen LogP contribution in [-0.2, 0) is 0 Å². The van der Waals surface area contributed by atoms with Crippen LogP contribution in [0.15, 0.2) is 147 Å². The quantitative estimate of drug-likeness (QED) is 0.159. The highest BCUT2D eigenvalue weighted by Crippen LogP contribution is 2.33. The van der Waals surface area contributed by atoms with Crippen LogP contribution < -0.4 is 0 Å². The van der Waals surface area contributed by atoms with Crippen molar-refractivity contribution < 1.29 is 0 Å². The molecule has 0 saturated carbocycles. The summed E-state index contributed by atoms with van der Waals surface area (Å²) in [6.45, 7) is 7.33. The molecular formula is C60H84N12. The average Bonchev–Trinajstić information content (AvgIpc) is 4.33. The average molecular weight is 973 g/mol. The van der Waals surface area contributed by atoms with Crippen molar-refractivity contribution in [1.29, 1.82) is 0 Å². The van der Waals surface area contributed by atoms with Gasteiger partial charge in [0.1, 0.15) is 0 Å². The fourth-order valence-electron chi connectivity index (χ4n) is 11.4. The molecule has 0 spiro atoms. The highest BCUT2D eigenvalue weighted by molar-refractivity contribution is 5.19. The number of likely N-dealkylation sites (tertiary alicyclic amines) is 6. The minimum atomic E-state index is 0.610. The molecule has 6 fully saturated rings. The summed E-state index contributed by atoms with van der Waals surface area (Å²) in [5.74, 6) is 0. The van der Waals surface area contributed by atoms with Crippen molar-refractivity contribution in [3.63, 3.8) is 0 Å². The van der Waals surface area contributed by atoms with Gasteiger partial charge in [0.05, 0.1) is 0 Å². The van der Waals surface area contributed by atoms with Crippen LogP contribution in [0.2, 0.25) is 0 Å². The molecule has 6 aromatic heterocycles. The van der Waals surface area contributed by atoms with Gasteiger partial charge in [-0.1, -0.05) is 36.4 Å². The van der Waals surface area contributed by atoms with Crippen LogP contribution in [0.4, 0.5) is 0 Å². The molecule has 0 N–H and O–H groups in total. The maximum Gasteiger partial charge on any atom is 0.0360 e. The minimum Gasteiger partial charge on any atom is -0.299 e. The lowest BCUT2D eigenvalue weighted by Gasteiger charge is -2.18. The van der Waals surface area contributed by atoms with Crippen molar-refractivity contribution in [2.24, 2.45) is 0 Å². The summed E-state index contributed by atoms with van der Waals surface area (Å²) in [7, 11) is 13.1. The largest absolute Gasteiger partial charge is 0.299 e. The molecule has 6 saturated heterocycles. The normalized spacial score (nSPS) is 24.6. The lowest BCUT2D eigenvalue weighted by atomic mass is 10.1. The van der Waals surface area contributed by atoms with E-state index in [2.05, 4.69) is 138 Å². The van der Waals surface area contributed by atoms with E-state index < -0.39 is 0 Å². The molecule has 6 aliphatic rings. The van der Waals surface area contributed by atoms with E-state index in [1.807, 2.05) is 111 Å². The first-order chi connectivity index (χ1) is 35.3. The Kier molecular flexibility index (Phi) is 22.2. The summed E-state index contributed by atoms with van der Waals surface area (Å²) < 4.78 is 0. The van der Waals surface area contributed by atoms with E-state index >= 15 is 0 Å². The van der Waals surface area contributed by atoms with Gasteiger partial charge >= 0.3 is 0 Å². The van der Waals surface area contributed by atoms with Crippen LogP contribution in [0.25, 0.3) is 0 Å². The third-order valence-electron chi connectivity index (χ3n) is 15.5. The summed E-state index contributed by atoms with van der Waals surface area (Å²) in [6, 6.07) is 28.7. The maximum absolute atomic E-state index is 4.14. The maximum atomic E-state index is 4.14. The molecule has 12 rings (SSSR count). The van der Waals surface area contributed by atoms with Gasteiger partial charge in [-0.15, -0.1) is 0 Å². The number of hydrogen-bond acceptors (Lipinski definition) is 12. The van der Waals surface area contributed by atoms with Crippen molar-refractivity contribution in [2.75, 3.05) is 81.6 Å². The Morgan fingerprint density at radius 1 is 0.264 bits per heavy atom. The SMILES string of the molecule is CN1CCCC1c1cccnc1.CN1CCCC1c1cccnc1.CN1CCCC1c1cccnc1.CN1CCCC1c1cccnc1.CN1CCCC1c1cccnc1.CN1CCCC1c1cccnc1. The molecular weight excluding hydrogens is 889 g/mol. The van der Waals surface area contributed by atoms with Gasteiger partial charge in [0.2, 0.25) is 0 Å². The van der Waals surface area contributed by atoms with Crippen LogP contribution in [0.5, 0.6) is 0 Å². The Labute approximate surface area is 433 Å². The Bertz CT molecular complexity index is 1900. The second kappa shape index (κ2) is 29.4. The van der Waals surface area contributed by atoms with Gasteiger partial charge in [-0.2, -0.15) is 0 Å². The predicted molar refractivity (Wildman–Crippen MR) is 293 cm³/mol. The van der Waals surface area contributed by atoms with Crippen LogP contribution in [0, 0.1) is 0 Å². The van der Waals surface area contributed by atoms with Gasteiger partial charge in [-0.3, -0.25) is 59.3 Å². The molecule has 0 amide bonds. The zero-order valence-corrected chi connectivity index (χ0v) is 44.4. The van der Waals surface area contributed by atoms with Crippen LogP contribution in [0.3, 0.4) is 0 Å². The first-order valence-corrected chi connectivity index (χ1v) is 26.9. The monoisotopic (exact) mass is 973 g/mol. The molecule has 12 heteroatoms. The third kappa shape index (κ3) is 16.3. The first-order valence-electron chi connectivity index (χ1n) is 26.9. The van der Waals surface area contributed by atoms with Gasteiger partial charge in [-0.25, -0.2) is 0 Å². The van der Waals surface area contributed by atoms with Crippen molar-refractivity contribution in [3.05, 3.63) is 181 Å². The van der Waals surface area contributed by atoms with Crippen molar-refractivity contribution in [1.82, 2.24) is 59.3 Å². The summed E-state index contributed by atoms with van der Waals surface area (Å²) in [5.41, 5.74) is 8.15. The molecule has 72 heavy (non-hydrogen) atoms. The standard InChI is InChI=1S/6C10H14N2/c6*1-12-7-3-5-10(12)9-4-2-6-11-8-9/h6*2,4,6,8,10H,3,5,7H2,1H3. The predicted octanol–water partition coefficient (Wildman–Crippen LogP) is 11.1. The molecule has 12 heterocycles. The summed E-state index contributed by atoms with van der Waals surface area (Å²) in [6.07, 6.45) is 38.4. The number of aromatic nitrogens is 6. The molecule has 6 aromatic rings. The Morgan fingerprint density at radius 2 is 0.417 bits per heavy atom. The summed E-state index contributed by atoms with van der Waals surface area (Å²) in [4.78, 5) is 39.2. The second-order valence-corrected chi connectivity index (χ2v) is 20.5. The second-order valence-electron chi connectivity index (χ2n) is 20.5. The third-order valence-corrected chi connectivity index (χ3v) is 15.5. The Balaban J connectivity index is 0.000000127. The van der Waals surface area contributed by atoms with Gasteiger partial charge in [0.25, 0.3) is 0 Å². The van der Waals surface area contributed by atoms with E-state index in [1.54, 1.807) is 0 Å². The zero-order valence-electron chi connectivity index (χ0n) is 44.4. The molecule has 6 aliphatic heterocycles. The zero-order chi connectivity index (χ0) is 50.3. The molecule has 6 unspecified atom stereocenters. The van der Waals surface area contributed by atoms with Crippen molar-refractivity contribution >= 4 is 0 Å². The molecule has 0 aliphatic carbocycles. The van der Waals surface area contributed by atoms with Crippen LogP contribution in [0.1, 0.15) is 147 Å². The number of hydrogen-bond donors (Lipinski definition) is 0. The Morgan fingerprint density at radius 3 is 0.514 bits per heavy atom. The summed E-state index contributed by atoms with van der Waals surface area (Å²) in [5, 5.41) is 0. The van der Waals surface area contributed by atoms with E-state index in [0.717, 1.165) is 0 Å². The van der Waals surface area contributed by atoms with E-state index in [9.17, 15) is 0 Å².